The SMILES string of the molecule is C[C@@H](CO)NS(=O)(=O)CCSc1cccc(N)c1. The Labute approximate surface area is 112 Å². The molecule has 0 amide bonds. The maximum atomic E-state index is 11.6. The normalized spacial score (nSPS) is 13.4. The van der Waals surface area contributed by atoms with Gasteiger partial charge >= 0.3 is 0 Å². The van der Waals surface area contributed by atoms with Crippen LogP contribution in [0.15, 0.2) is 29.2 Å². The molecule has 0 aliphatic carbocycles. The molecule has 7 heteroatoms. The summed E-state index contributed by atoms with van der Waals surface area (Å²) in [6.07, 6.45) is 0. The second-order valence-corrected chi connectivity index (χ2v) is 6.98. The van der Waals surface area contributed by atoms with Crippen molar-refractivity contribution in [2.75, 3.05) is 23.8 Å². The summed E-state index contributed by atoms with van der Waals surface area (Å²) in [4.78, 5) is 0.945. The van der Waals surface area contributed by atoms with Crippen molar-refractivity contribution in [3.8, 4) is 0 Å². The van der Waals surface area contributed by atoms with E-state index in [9.17, 15) is 8.42 Å². The van der Waals surface area contributed by atoms with Crippen molar-refractivity contribution in [2.45, 2.75) is 17.9 Å². The Bertz CT molecular complexity index is 477. The van der Waals surface area contributed by atoms with E-state index < -0.39 is 16.1 Å². The van der Waals surface area contributed by atoms with Crippen molar-refractivity contribution in [1.82, 2.24) is 4.72 Å². The number of nitrogens with two attached hydrogens (primary N) is 1. The summed E-state index contributed by atoms with van der Waals surface area (Å²) in [5.74, 6) is 0.452. The maximum Gasteiger partial charge on any atom is 0.212 e. The van der Waals surface area contributed by atoms with E-state index in [0.717, 1.165) is 4.90 Å². The molecule has 1 aromatic rings. The summed E-state index contributed by atoms with van der Waals surface area (Å²) in [6, 6.07) is 6.86. The maximum absolute atomic E-state index is 11.6. The van der Waals surface area contributed by atoms with Gasteiger partial charge in [-0.2, -0.15) is 0 Å². The monoisotopic (exact) mass is 290 g/mol. The number of rotatable bonds is 7. The van der Waals surface area contributed by atoms with Crippen molar-refractivity contribution in [1.29, 1.82) is 0 Å². The summed E-state index contributed by atoms with van der Waals surface area (Å²) in [5.41, 5.74) is 6.29. The summed E-state index contributed by atoms with van der Waals surface area (Å²) < 4.78 is 25.6. The van der Waals surface area contributed by atoms with Crippen LogP contribution in [-0.4, -0.2) is 37.7 Å². The van der Waals surface area contributed by atoms with E-state index in [0.29, 0.717) is 11.4 Å². The quantitative estimate of drug-likeness (QED) is 0.507. The van der Waals surface area contributed by atoms with E-state index in [1.165, 1.54) is 11.8 Å². The van der Waals surface area contributed by atoms with Crippen molar-refractivity contribution in [2.24, 2.45) is 0 Å². The predicted molar refractivity (Wildman–Crippen MR) is 75.0 cm³/mol. The molecule has 0 unspecified atom stereocenters. The van der Waals surface area contributed by atoms with Crippen LogP contribution >= 0.6 is 11.8 Å². The van der Waals surface area contributed by atoms with Crippen LogP contribution in [0.3, 0.4) is 0 Å². The molecule has 18 heavy (non-hydrogen) atoms. The molecule has 1 rings (SSSR count). The highest BCUT2D eigenvalue weighted by atomic mass is 32.2. The van der Waals surface area contributed by atoms with Gasteiger partial charge in [0.2, 0.25) is 10.0 Å². The first-order valence-electron chi connectivity index (χ1n) is 5.52. The molecular formula is C11H18N2O3S2. The van der Waals surface area contributed by atoms with Crippen molar-refractivity contribution >= 4 is 27.5 Å². The number of hydrogen-bond donors (Lipinski definition) is 3. The number of hydrogen-bond acceptors (Lipinski definition) is 5. The fourth-order valence-electron chi connectivity index (χ4n) is 1.28. The molecule has 0 spiro atoms. The Morgan fingerprint density at radius 3 is 2.83 bits per heavy atom. The first kappa shape index (κ1) is 15.3. The number of sulfonamides is 1. The summed E-state index contributed by atoms with van der Waals surface area (Å²) >= 11 is 1.43. The fraction of sp³-hybridized carbons (Fsp3) is 0.455. The van der Waals surface area contributed by atoms with E-state index in [4.69, 9.17) is 10.8 Å². The highest BCUT2D eigenvalue weighted by Gasteiger charge is 2.13. The zero-order valence-corrected chi connectivity index (χ0v) is 11.8. The minimum atomic E-state index is -3.34. The van der Waals surface area contributed by atoms with Gasteiger partial charge in [-0.15, -0.1) is 11.8 Å². The van der Waals surface area contributed by atoms with Gasteiger partial charge in [-0.25, -0.2) is 13.1 Å². The molecule has 0 radical (unpaired) electrons. The predicted octanol–water partition coefficient (Wildman–Crippen LogP) is 0.661. The summed E-state index contributed by atoms with van der Waals surface area (Å²) in [7, 11) is -3.34. The first-order valence-corrected chi connectivity index (χ1v) is 8.16. The third-order valence-electron chi connectivity index (χ3n) is 2.13. The number of aliphatic hydroxyl groups is 1. The topological polar surface area (TPSA) is 92.4 Å². The second-order valence-electron chi connectivity index (χ2n) is 3.94. The number of aliphatic hydroxyl groups excluding tert-OH is 1. The minimum absolute atomic E-state index is 0.0107. The number of nitrogen functional groups attached to an aromatic ring is 1. The zero-order chi connectivity index (χ0) is 13.6. The van der Waals surface area contributed by atoms with Gasteiger partial charge in [0, 0.05) is 22.4 Å². The molecule has 0 heterocycles. The molecule has 0 saturated heterocycles. The van der Waals surface area contributed by atoms with Gasteiger partial charge < -0.3 is 10.8 Å². The Hall–Kier alpha value is -0.760. The van der Waals surface area contributed by atoms with Gasteiger partial charge in [0.05, 0.1) is 12.4 Å². The van der Waals surface area contributed by atoms with Crippen LogP contribution in [0.5, 0.6) is 0 Å². The molecule has 1 atom stereocenters. The van der Waals surface area contributed by atoms with E-state index in [1.807, 2.05) is 12.1 Å². The highest BCUT2D eigenvalue weighted by Crippen LogP contribution is 2.20. The number of thioether (sulfide) groups is 1. The molecule has 0 aliphatic rings. The Kier molecular flexibility index (Phi) is 5.94. The average molecular weight is 290 g/mol. The van der Waals surface area contributed by atoms with Crippen LogP contribution in [0, 0.1) is 0 Å². The lowest BCUT2D eigenvalue weighted by Crippen LogP contribution is -2.37. The lowest BCUT2D eigenvalue weighted by molar-refractivity contribution is 0.265. The first-order chi connectivity index (χ1) is 8.43. The minimum Gasteiger partial charge on any atom is -0.399 e. The standard InChI is InChI=1S/C11H18N2O3S2/c1-9(8-14)13-18(15,16)6-5-17-11-4-2-3-10(12)7-11/h2-4,7,9,13-14H,5-6,8,12H2,1H3/t9-/m0/s1. The fourth-order valence-corrected chi connectivity index (χ4v) is 3.92. The van der Waals surface area contributed by atoms with Gasteiger partial charge in [0.25, 0.3) is 0 Å². The van der Waals surface area contributed by atoms with Crippen LogP contribution in [0.4, 0.5) is 5.69 Å². The lowest BCUT2D eigenvalue weighted by Gasteiger charge is -2.11. The second kappa shape index (κ2) is 6.98. The largest absolute Gasteiger partial charge is 0.399 e. The molecule has 102 valence electrons. The lowest BCUT2D eigenvalue weighted by atomic mass is 10.3. The molecular weight excluding hydrogens is 272 g/mol. The smallest absolute Gasteiger partial charge is 0.212 e. The molecule has 0 aromatic heterocycles. The Balaban J connectivity index is 2.42. The molecule has 5 nitrogen and oxygen atoms in total. The van der Waals surface area contributed by atoms with Crippen LogP contribution in [0.1, 0.15) is 6.92 Å². The Morgan fingerprint density at radius 2 is 2.22 bits per heavy atom. The van der Waals surface area contributed by atoms with Crippen molar-refractivity contribution in [3.63, 3.8) is 0 Å². The molecule has 0 aliphatic heterocycles. The molecule has 0 bridgehead atoms. The molecule has 4 N–H and O–H groups in total. The Morgan fingerprint density at radius 1 is 1.50 bits per heavy atom. The van der Waals surface area contributed by atoms with Gasteiger partial charge in [0.1, 0.15) is 0 Å². The van der Waals surface area contributed by atoms with Crippen LogP contribution in [-0.2, 0) is 10.0 Å². The van der Waals surface area contributed by atoms with E-state index >= 15 is 0 Å². The van der Waals surface area contributed by atoms with Gasteiger partial charge in [-0.05, 0) is 25.1 Å². The third-order valence-corrected chi connectivity index (χ3v) is 4.89. The highest BCUT2D eigenvalue weighted by molar-refractivity contribution is 8.00. The number of anilines is 1. The molecule has 0 saturated carbocycles. The van der Waals surface area contributed by atoms with Gasteiger partial charge in [0.15, 0.2) is 0 Å². The molecule has 0 fully saturated rings. The van der Waals surface area contributed by atoms with E-state index in [-0.39, 0.29) is 12.4 Å². The van der Waals surface area contributed by atoms with E-state index in [1.54, 1.807) is 19.1 Å². The third kappa shape index (κ3) is 5.72. The average Bonchev–Trinajstić information content (AvgIpc) is 2.28. The van der Waals surface area contributed by atoms with Gasteiger partial charge in [-0.3, -0.25) is 0 Å². The van der Waals surface area contributed by atoms with Crippen LogP contribution < -0.4 is 10.5 Å². The van der Waals surface area contributed by atoms with Crippen molar-refractivity contribution < 1.29 is 13.5 Å². The summed E-state index contributed by atoms with van der Waals surface area (Å²) in [5, 5.41) is 8.79. The summed E-state index contributed by atoms with van der Waals surface area (Å²) in [6.45, 7) is 1.41. The van der Waals surface area contributed by atoms with E-state index in [2.05, 4.69) is 4.72 Å². The molecule has 1 aromatic carbocycles. The van der Waals surface area contributed by atoms with Crippen LogP contribution in [0.2, 0.25) is 0 Å². The number of nitrogens with one attached hydrogen (secondary N) is 1. The van der Waals surface area contributed by atoms with Crippen molar-refractivity contribution in [3.05, 3.63) is 24.3 Å². The number of benzene rings is 1. The van der Waals surface area contributed by atoms with Gasteiger partial charge in [-0.1, -0.05) is 6.07 Å². The zero-order valence-electron chi connectivity index (χ0n) is 10.2. The van der Waals surface area contributed by atoms with Crippen LogP contribution in [0.25, 0.3) is 0 Å².